The number of hydrogen-bond acceptors (Lipinski definition) is 4. The van der Waals surface area contributed by atoms with Crippen molar-refractivity contribution in [3.63, 3.8) is 0 Å². The van der Waals surface area contributed by atoms with E-state index in [9.17, 15) is 9.59 Å². The molecule has 4 N–H and O–H groups in total. The number of carbonyl (C=O) groups is 2. The van der Waals surface area contributed by atoms with Crippen molar-refractivity contribution in [1.82, 2.24) is 0 Å². The van der Waals surface area contributed by atoms with E-state index in [-0.39, 0.29) is 11.0 Å². The van der Waals surface area contributed by atoms with E-state index in [0.717, 1.165) is 19.5 Å². The number of rotatable bonds is 3. The zero-order valence-electron chi connectivity index (χ0n) is 14.5. The number of anilines is 1. The van der Waals surface area contributed by atoms with Crippen molar-refractivity contribution in [2.45, 2.75) is 18.8 Å². The molecule has 0 bridgehead atoms. The van der Waals surface area contributed by atoms with Gasteiger partial charge < -0.3 is 16.2 Å². The first-order valence-electron chi connectivity index (χ1n) is 8.45. The summed E-state index contributed by atoms with van der Waals surface area (Å²) in [4.78, 5) is 25.3. The summed E-state index contributed by atoms with van der Waals surface area (Å²) in [6.07, 6.45) is 1.05. The third-order valence-corrected chi connectivity index (χ3v) is 4.77. The maximum absolute atomic E-state index is 11.1. The summed E-state index contributed by atoms with van der Waals surface area (Å²) in [5, 5.41) is 13.0. The van der Waals surface area contributed by atoms with E-state index >= 15 is 0 Å². The van der Waals surface area contributed by atoms with Gasteiger partial charge in [0, 0.05) is 22.9 Å². The second-order valence-corrected chi connectivity index (χ2v) is 6.61. The lowest BCUT2D eigenvalue weighted by Gasteiger charge is -2.22. The standard InChI is InChI=1S/C11H16N2.C9H5NO3/c1-11(6-7-12)8-13-10-5-3-2-4-9(10)11;11-8-7(9(12)13)5-3-1-2-4-6(5)10-8/h2-5,13H,6-8,12H2,1H3;1-4H,(H,12,13). The molecule has 0 radical (unpaired) electrons. The van der Waals surface area contributed by atoms with E-state index in [0.29, 0.717) is 10.6 Å². The van der Waals surface area contributed by atoms with Gasteiger partial charge in [-0.3, -0.25) is 4.79 Å². The maximum Gasteiger partial charge on any atom is 0.342 e. The normalized spacial score (nSPS) is 19.6. The van der Waals surface area contributed by atoms with Crippen molar-refractivity contribution in [2.75, 3.05) is 18.4 Å². The number of aliphatic carboxylic acids is 1. The topological polar surface area (TPSA) is 105 Å². The van der Waals surface area contributed by atoms with Crippen LogP contribution in [0.15, 0.2) is 53.5 Å². The van der Waals surface area contributed by atoms with Gasteiger partial charge in [-0.1, -0.05) is 43.3 Å². The zero-order valence-corrected chi connectivity index (χ0v) is 14.5. The molecule has 26 heavy (non-hydrogen) atoms. The molecule has 1 atom stereocenters. The molecule has 4 rings (SSSR count). The van der Waals surface area contributed by atoms with Crippen LogP contribution in [0.2, 0.25) is 0 Å². The van der Waals surface area contributed by atoms with Gasteiger partial charge in [-0.05, 0) is 30.7 Å². The summed E-state index contributed by atoms with van der Waals surface area (Å²) in [7, 11) is 0. The molecule has 0 saturated heterocycles. The van der Waals surface area contributed by atoms with E-state index in [4.69, 9.17) is 10.8 Å². The molecule has 2 heterocycles. The van der Waals surface area contributed by atoms with Crippen LogP contribution in [-0.4, -0.2) is 30.1 Å². The molecule has 0 saturated carbocycles. The van der Waals surface area contributed by atoms with E-state index in [1.807, 2.05) is 0 Å². The van der Waals surface area contributed by atoms with E-state index < -0.39 is 11.9 Å². The zero-order chi connectivity index (χ0) is 18.7. The van der Waals surface area contributed by atoms with Gasteiger partial charge in [-0.25, -0.2) is 9.79 Å². The van der Waals surface area contributed by atoms with E-state index in [1.54, 1.807) is 24.3 Å². The van der Waals surface area contributed by atoms with Crippen LogP contribution < -0.4 is 21.6 Å². The molecule has 0 aliphatic carbocycles. The van der Waals surface area contributed by atoms with Gasteiger partial charge in [0.05, 0.1) is 5.36 Å². The highest BCUT2D eigenvalue weighted by atomic mass is 16.4. The van der Waals surface area contributed by atoms with Gasteiger partial charge in [-0.15, -0.1) is 0 Å². The molecule has 134 valence electrons. The lowest BCUT2D eigenvalue weighted by atomic mass is 9.81. The van der Waals surface area contributed by atoms with E-state index in [1.165, 1.54) is 11.3 Å². The van der Waals surface area contributed by atoms with Crippen LogP contribution in [0.5, 0.6) is 0 Å². The van der Waals surface area contributed by atoms with Crippen LogP contribution in [0.1, 0.15) is 18.9 Å². The Morgan fingerprint density at radius 3 is 2.65 bits per heavy atom. The molecule has 6 nitrogen and oxygen atoms in total. The number of fused-ring (bicyclic) bond motifs is 2. The largest absolute Gasteiger partial charge is 0.477 e. The van der Waals surface area contributed by atoms with Gasteiger partial charge in [0.25, 0.3) is 5.91 Å². The van der Waals surface area contributed by atoms with Crippen LogP contribution in [-0.2, 0) is 15.0 Å². The first kappa shape index (κ1) is 17.8. The molecule has 1 unspecified atom stereocenters. The SMILES string of the molecule is CC1(CCN)CNc2ccccc21.O=C(O)C1=c2ccccc2=NC1=O. The summed E-state index contributed by atoms with van der Waals surface area (Å²) in [5.74, 6) is -1.90. The van der Waals surface area contributed by atoms with Crippen LogP contribution in [0.3, 0.4) is 0 Å². The highest BCUT2D eigenvalue weighted by Gasteiger charge is 2.32. The molecule has 2 aliphatic rings. The second-order valence-electron chi connectivity index (χ2n) is 6.61. The van der Waals surface area contributed by atoms with Crippen molar-refractivity contribution in [3.8, 4) is 0 Å². The minimum atomic E-state index is -1.22. The molecule has 0 aromatic heterocycles. The number of benzene rings is 2. The Morgan fingerprint density at radius 1 is 1.23 bits per heavy atom. The number of carboxylic acids is 1. The average Bonchev–Trinajstić information content (AvgIpc) is 3.13. The third-order valence-electron chi connectivity index (χ3n) is 4.77. The number of nitrogens with one attached hydrogen (secondary N) is 1. The molecular formula is C20H21N3O3. The molecule has 2 aromatic carbocycles. The monoisotopic (exact) mass is 351 g/mol. The predicted octanol–water partition coefficient (Wildman–Crippen LogP) is 0.800. The maximum atomic E-state index is 11.1. The number of carbonyl (C=O) groups excluding carboxylic acids is 1. The Bertz CT molecular complexity index is 980. The number of nitrogens with two attached hydrogens (primary N) is 1. The molecule has 6 heteroatoms. The van der Waals surface area contributed by atoms with Crippen LogP contribution in [0.25, 0.3) is 5.57 Å². The van der Waals surface area contributed by atoms with Crippen molar-refractivity contribution >= 4 is 23.1 Å². The highest BCUT2D eigenvalue weighted by Crippen LogP contribution is 2.38. The summed E-state index contributed by atoms with van der Waals surface area (Å²) >= 11 is 0. The molecule has 2 aliphatic heterocycles. The van der Waals surface area contributed by atoms with Crippen molar-refractivity contribution in [2.24, 2.45) is 10.7 Å². The first-order valence-corrected chi connectivity index (χ1v) is 8.45. The predicted molar refractivity (Wildman–Crippen MR) is 99.2 cm³/mol. The van der Waals surface area contributed by atoms with Crippen LogP contribution in [0, 0.1) is 0 Å². The lowest BCUT2D eigenvalue weighted by Crippen LogP contribution is -2.27. The minimum Gasteiger partial charge on any atom is -0.477 e. The Hall–Kier alpha value is -2.99. The van der Waals surface area contributed by atoms with Gasteiger partial charge in [-0.2, -0.15) is 0 Å². The lowest BCUT2D eigenvalue weighted by molar-refractivity contribution is -0.131. The van der Waals surface area contributed by atoms with Crippen molar-refractivity contribution in [1.29, 1.82) is 0 Å². The van der Waals surface area contributed by atoms with Gasteiger partial charge >= 0.3 is 5.97 Å². The fourth-order valence-corrected chi connectivity index (χ4v) is 3.36. The average molecular weight is 351 g/mol. The quantitative estimate of drug-likeness (QED) is 0.759. The molecular weight excluding hydrogens is 330 g/mol. The molecule has 0 spiro atoms. The first-order chi connectivity index (χ1) is 12.5. The number of hydrogen-bond donors (Lipinski definition) is 3. The number of nitrogens with zero attached hydrogens (tertiary/aromatic N) is 1. The smallest absolute Gasteiger partial charge is 0.342 e. The van der Waals surface area contributed by atoms with Gasteiger partial charge in [0.2, 0.25) is 0 Å². The van der Waals surface area contributed by atoms with Crippen molar-refractivity contribution < 1.29 is 14.7 Å². The highest BCUT2D eigenvalue weighted by molar-refractivity contribution is 6.38. The molecule has 2 aromatic rings. The summed E-state index contributed by atoms with van der Waals surface area (Å²) in [6.45, 7) is 4.05. The summed E-state index contributed by atoms with van der Waals surface area (Å²) < 4.78 is 0. The number of amides is 1. The van der Waals surface area contributed by atoms with Crippen LogP contribution in [0.4, 0.5) is 5.69 Å². The molecule has 1 amide bonds. The van der Waals surface area contributed by atoms with Crippen LogP contribution >= 0.6 is 0 Å². The van der Waals surface area contributed by atoms with Gasteiger partial charge in [0.15, 0.2) is 0 Å². The number of carboxylic acid groups (broad SMARTS) is 1. The molecule has 0 fully saturated rings. The minimum absolute atomic E-state index is 0.240. The Labute approximate surface area is 151 Å². The fraction of sp³-hybridized carbons (Fsp3) is 0.250. The van der Waals surface area contributed by atoms with Gasteiger partial charge in [0.1, 0.15) is 5.57 Å². The van der Waals surface area contributed by atoms with Crippen molar-refractivity contribution in [3.05, 3.63) is 64.7 Å². The Kier molecular flexibility index (Phi) is 4.86. The van der Waals surface area contributed by atoms with E-state index in [2.05, 4.69) is 41.5 Å². The summed E-state index contributed by atoms with van der Waals surface area (Å²) in [5.41, 5.74) is 8.32. The fourth-order valence-electron chi connectivity index (χ4n) is 3.36. The number of para-hydroxylation sites is 2. The Morgan fingerprint density at radius 2 is 1.92 bits per heavy atom. The third kappa shape index (κ3) is 3.23. The summed E-state index contributed by atoms with van der Waals surface area (Å²) in [6, 6.07) is 15.1. The Balaban J connectivity index is 0.000000151. The second kappa shape index (κ2) is 7.09.